The van der Waals surface area contributed by atoms with Crippen LogP contribution in [0.2, 0.25) is 0 Å². The predicted molar refractivity (Wildman–Crippen MR) is 123 cm³/mol. The number of methoxy groups -OCH3 is 1. The summed E-state index contributed by atoms with van der Waals surface area (Å²) in [6, 6.07) is 15.7. The number of ether oxygens (including phenoxy) is 1. The lowest BCUT2D eigenvalue weighted by atomic mass is 9.97. The van der Waals surface area contributed by atoms with E-state index >= 15 is 0 Å². The van der Waals surface area contributed by atoms with E-state index in [1.165, 1.54) is 6.20 Å². The Morgan fingerprint density at radius 2 is 1.88 bits per heavy atom. The van der Waals surface area contributed by atoms with Crippen molar-refractivity contribution < 1.29 is 23.1 Å². The molecule has 1 aliphatic rings. The maximum absolute atomic E-state index is 13.8. The second-order valence-corrected chi connectivity index (χ2v) is 8.30. The minimum atomic E-state index is -3.02. The van der Waals surface area contributed by atoms with Crippen LogP contribution in [-0.4, -0.2) is 47.2 Å². The van der Waals surface area contributed by atoms with Crippen LogP contribution < -0.4 is 4.74 Å². The van der Waals surface area contributed by atoms with Crippen LogP contribution in [0.25, 0.3) is 22.0 Å². The van der Waals surface area contributed by atoms with Crippen molar-refractivity contribution in [2.45, 2.75) is 37.6 Å². The number of pyridine rings is 1. The molecule has 0 unspecified atom stereocenters. The molecule has 1 atom stereocenters. The molecule has 1 saturated heterocycles. The molecule has 174 valence electrons. The number of alkyl halides is 2. The Hall–Kier alpha value is -3.86. The van der Waals surface area contributed by atoms with E-state index in [2.05, 4.69) is 4.98 Å². The lowest BCUT2D eigenvalue weighted by Gasteiger charge is -2.36. The van der Waals surface area contributed by atoms with E-state index in [1.807, 2.05) is 48.5 Å². The van der Waals surface area contributed by atoms with Crippen LogP contribution in [-0.2, 0) is 4.79 Å². The van der Waals surface area contributed by atoms with Gasteiger partial charge in [-0.2, -0.15) is 5.26 Å². The fraction of sp³-hybridized carbons (Fsp3) is 0.308. The van der Waals surface area contributed by atoms with Crippen LogP contribution in [0, 0.1) is 11.3 Å². The Balaban J connectivity index is 1.54. The second kappa shape index (κ2) is 9.56. The average molecular weight is 463 g/mol. The first kappa shape index (κ1) is 23.3. The largest absolute Gasteiger partial charge is 0.497 e. The van der Waals surface area contributed by atoms with Crippen LogP contribution in [0.4, 0.5) is 8.78 Å². The number of halogens is 2. The van der Waals surface area contributed by atoms with Crippen molar-refractivity contribution >= 4 is 22.6 Å². The second-order valence-electron chi connectivity index (χ2n) is 8.30. The fourth-order valence-electron chi connectivity index (χ4n) is 4.19. The Morgan fingerprint density at radius 3 is 2.59 bits per heavy atom. The van der Waals surface area contributed by atoms with Crippen LogP contribution in [0.5, 0.6) is 5.75 Å². The number of nitrogens with zero attached hydrogens (tertiary/aromatic N) is 3. The van der Waals surface area contributed by atoms with Crippen molar-refractivity contribution in [3.05, 3.63) is 60.3 Å². The van der Waals surface area contributed by atoms with Crippen molar-refractivity contribution in [3.8, 4) is 22.9 Å². The van der Waals surface area contributed by atoms with Gasteiger partial charge in [0.1, 0.15) is 11.8 Å². The number of ketones is 1. The highest BCUT2D eigenvalue weighted by molar-refractivity contribution is 6.08. The molecule has 0 spiro atoms. The third-order valence-electron chi connectivity index (χ3n) is 6.06. The molecule has 0 saturated carbocycles. The summed E-state index contributed by atoms with van der Waals surface area (Å²) in [6.07, 6.45) is 0.640. The Labute approximate surface area is 195 Å². The number of hydrogen-bond acceptors (Lipinski definition) is 5. The lowest BCUT2D eigenvalue weighted by Crippen LogP contribution is -2.51. The van der Waals surface area contributed by atoms with Crippen LogP contribution >= 0.6 is 0 Å². The van der Waals surface area contributed by atoms with E-state index in [-0.39, 0.29) is 25.0 Å². The van der Waals surface area contributed by atoms with E-state index in [9.17, 15) is 23.6 Å². The highest BCUT2D eigenvalue weighted by atomic mass is 19.3. The van der Waals surface area contributed by atoms with Gasteiger partial charge < -0.3 is 9.64 Å². The third-order valence-corrected chi connectivity index (χ3v) is 6.06. The smallest absolute Gasteiger partial charge is 0.265 e. The molecule has 8 heteroatoms. The zero-order valence-corrected chi connectivity index (χ0v) is 18.6. The Morgan fingerprint density at radius 1 is 1.15 bits per heavy atom. The molecule has 0 bridgehead atoms. The number of hydrogen-bond donors (Lipinski definition) is 0. The quantitative estimate of drug-likeness (QED) is 0.479. The number of amides is 1. The Kier molecular flexibility index (Phi) is 6.55. The first-order chi connectivity index (χ1) is 16.3. The van der Waals surface area contributed by atoms with Gasteiger partial charge in [0.2, 0.25) is 5.91 Å². The van der Waals surface area contributed by atoms with Crippen LogP contribution in [0.1, 0.15) is 36.0 Å². The van der Waals surface area contributed by atoms with Gasteiger partial charge in [0, 0.05) is 36.4 Å². The molecule has 2 heterocycles. The topological polar surface area (TPSA) is 83.3 Å². The number of piperidine rings is 1. The first-order valence-electron chi connectivity index (χ1n) is 10.9. The van der Waals surface area contributed by atoms with Crippen molar-refractivity contribution in [1.29, 1.82) is 5.26 Å². The number of likely N-dealkylation sites (tertiary alicyclic amines) is 1. The van der Waals surface area contributed by atoms with Crippen molar-refractivity contribution in [1.82, 2.24) is 9.88 Å². The van der Waals surface area contributed by atoms with Crippen molar-refractivity contribution in [2.75, 3.05) is 13.7 Å². The van der Waals surface area contributed by atoms with E-state index in [0.717, 1.165) is 21.8 Å². The molecule has 34 heavy (non-hydrogen) atoms. The minimum absolute atomic E-state index is 0.0771. The van der Waals surface area contributed by atoms with Crippen molar-refractivity contribution in [2.24, 2.45) is 0 Å². The minimum Gasteiger partial charge on any atom is -0.497 e. The number of carbonyl (C=O) groups is 2. The summed E-state index contributed by atoms with van der Waals surface area (Å²) in [5.41, 5.74) is 2.87. The standard InChI is InChI=1S/C26H23F2N3O3/c1-34-20-5-2-17(3-6-20)18-4-7-23-22(14-18)21(11-13-30-23)24(32)8-9-25(33)31-16-26(27,28)12-10-19(31)15-29/h2-7,11,13-14,19H,8-10,12,16H2,1H3/t19-/m0/s1. The highest BCUT2D eigenvalue weighted by Crippen LogP contribution is 2.31. The van der Waals surface area contributed by atoms with Gasteiger partial charge in [-0.15, -0.1) is 0 Å². The molecular formula is C26H23F2N3O3. The van der Waals surface area contributed by atoms with Gasteiger partial charge in [0.15, 0.2) is 5.78 Å². The van der Waals surface area contributed by atoms with Gasteiger partial charge >= 0.3 is 0 Å². The van der Waals surface area contributed by atoms with Gasteiger partial charge in [-0.3, -0.25) is 14.6 Å². The molecular weight excluding hydrogens is 440 g/mol. The molecule has 6 nitrogen and oxygen atoms in total. The normalized spacial score (nSPS) is 17.2. The number of nitriles is 1. The van der Waals surface area contributed by atoms with E-state index in [1.54, 1.807) is 13.2 Å². The van der Waals surface area contributed by atoms with E-state index in [4.69, 9.17) is 4.74 Å². The number of benzene rings is 2. The summed E-state index contributed by atoms with van der Waals surface area (Å²) in [4.78, 5) is 30.9. The monoisotopic (exact) mass is 463 g/mol. The van der Waals surface area contributed by atoms with E-state index in [0.29, 0.717) is 16.5 Å². The van der Waals surface area contributed by atoms with Gasteiger partial charge in [0.05, 0.1) is 25.2 Å². The lowest BCUT2D eigenvalue weighted by molar-refractivity contribution is -0.144. The Bertz CT molecular complexity index is 1270. The van der Waals surface area contributed by atoms with Gasteiger partial charge in [0.25, 0.3) is 5.92 Å². The molecule has 0 aliphatic carbocycles. The van der Waals surface area contributed by atoms with E-state index < -0.39 is 30.8 Å². The predicted octanol–water partition coefficient (Wildman–Crippen LogP) is 5.02. The zero-order chi connectivity index (χ0) is 24.3. The molecule has 1 aliphatic heterocycles. The third kappa shape index (κ3) is 4.88. The van der Waals surface area contributed by atoms with Crippen molar-refractivity contribution in [3.63, 3.8) is 0 Å². The molecule has 1 fully saturated rings. The van der Waals surface area contributed by atoms with Gasteiger partial charge in [-0.05, 0) is 47.9 Å². The number of carbonyl (C=O) groups excluding carboxylic acids is 2. The first-order valence-corrected chi connectivity index (χ1v) is 10.9. The van der Waals surface area contributed by atoms with Gasteiger partial charge in [-0.25, -0.2) is 8.78 Å². The summed E-state index contributed by atoms with van der Waals surface area (Å²) in [5.74, 6) is -3.19. The van der Waals surface area contributed by atoms with Gasteiger partial charge in [-0.1, -0.05) is 18.2 Å². The summed E-state index contributed by atoms with van der Waals surface area (Å²) in [7, 11) is 1.59. The maximum Gasteiger partial charge on any atom is 0.265 e. The summed E-state index contributed by atoms with van der Waals surface area (Å²) in [6.45, 7) is -0.790. The molecule has 4 rings (SSSR count). The molecule has 0 radical (unpaired) electrons. The summed E-state index contributed by atoms with van der Waals surface area (Å²) in [5, 5.41) is 9.88. The molecule has 2 aromatic carbocycles. The molecule has 1 amide bonds. The van der Waals surface area contributed by atoms with Crippen LogP contribution in [0.3, 0.4) is 0 Å². The molecule has 0 N–H and O–H groups in total. The summed E-state index contributed by atoms with van der Waals surface area (Å²) < 4.78 is 32.8. The molecule has 3 aromatic rings. The maximum atomic E-state index is 13.8. The van der Waals surface area contributed by atoms with Crippen LogP contribution in [0.15, 0.2) is 54.7 Å². The number of rotatable bonds is 6. The fourth-order valence-corrected chi connectivity index (χ4v) is 4.19. The zero-order valence-electron chi connectivity index (χ0n) is 18.6. The number of aromatic nitrogens is 1. The highest BCUT2D eigenvalue weighted by Gasteiger charge is 2.42. The SMILES string of the molecule is COc1ccc(-c2ccc3nccc(C(=O)CCC(=O)N4CC(F)(F)CC[C@H]4C#N)c3c2)cc1. The number of fused-ring (bicyclic) bond motifs is 1. The number of Topliss-reactive ketones (excluding diaryl/α,β-unsaturated/α-hetero) is 1. The molecule has 1 aromatic heterocycles. The summed E-state index contributed by atoms with van der Waals surface area (Å²) >= 11 is 0. The average Bonchev–Trinajstić information content (AvgIpc) is 2.86.